The number of carboxylic acid groups (broad SMARTS) is 1. The fraction of sp³-hybridized carbons (Fsp3) is 0.462. The minimum absolute atomic E-state index is 0.0358. The smallest absolute Gasteiger partial charge is 0.310 e. The van der Waals surface area contributed by atoms with Gasteiger partial charge >= 0.3 is 5.97 Å². The molecule has 0 atom stereocenters. The molecule has 0 unspecified atom stereocenters. The summed E-state index contributed by atoms with van der Waals surface area (Å²) in [7, 11) is 0. The summed E-state index contributed by atoms with van der Waals surface area (Å²) < 4.78 is 0. The van der Waals surface area contributed by atoms with Gasteiger partial charge in [-0.2, -0.15) is 0 Å². The van der Waals surface area contributed by atoms with E-state index >= 15 is 0 Å². The van der Waals surface area contributed by atoms with Crippen molar-refractivity contribution in [3.63, 3.8) is 0 Å². The Morgan fingerprint density at radius 3 is 2.44 bits per heavy atom. The summed E-state index contributed by atoms with van der Waals surface area (Å²) in [5, 5.41) is 11.9. The maximum absolute atomic E-state index is 11.8. The number of carbonyl (C=O) groups excluding carboxylic acids is 1. The van der Waals surface area contributed by atoms with Crippen LogP contribution in [0.25, 0.3) is 0 Å². The Bertz CT molecular complexity index is 414. The van der Waals surface area contributed by atoms with E-state index in [2.05, 4.69) is 10.3 Å². The van der Waals surface area contributed by atoms with Gasteiger partial charge in [0, 0.05) is 12.6 Å². The van der Waals surface area contributed by atoms with Crippen LogP contribution >= 0.6 is 0 Å². The monoisotopic (exact) mass is 250 g/mol. The van der Waals surface area contributed by atoms with E-state index in [0.717, 1.165) is 0 Å². The van der Waals surface area contributed by atoms with Crippen molar-refractivity contribution >= 4 is 17.7 Å². The molecule has 1 aromatic heterocycles. The molecule has 2 N–H and O–H groups in total. The van der Waals surface area contributed by atoms with Gasteiger partial charge in [0.15, 0.2) is 0 Å². The predicted octanol–water partition coefficient (Wildman–Crippen LogP) is 2.30. The van der Waals surface area contributed by atoms with Gasteiger partial charge in [-0.3, -0.25) is 9.59 Å². The van der Waals surface area contributed by atoms with Crippen molar-refractivity contribution in [3.8, 4) is 0 Å². The maximum Gasteiger partial charge on any atom is 0.310 e. The van der Waals surface area contributed by atoms with Crippen LogP contribution in [0.5, 0.6) is 0 Å². The van der Waals surface area contributed by atoms with Crippen LogP contribution < -0.4 is 5.32 Å². The number of amides is 1. The number of carboxylic acids is 1. The molecule has 1 heterocycles. The lowest BCUT2D eigenvalue weighted by Crippen LogP contribution is -2.34. The van der Waals surface area contributed by atoms with Crippen molar-refractivity contribution in [2.75, 3.05) is 5.32 Å². The van der Waals surface area contributed by atoms with Gasteiger partial charge in [-0.25, -0.2) is 4.98 Å². The third-order valence-corrected chi connectivity index (χ3v) is 3.24. The van der Waals surface area contributed by atoms with E-state index in [1.807, 2.05) is 0 Å². The SMILES string of the molecule is CCC(CC)(CC(=O)Nc1ccccn1)C(=O)O. The molecular formula is C13H18N2O3. The second-order valence-corrected chi connectivity index (χ2v) is 4.23. The first-order valence-corrected chi connectivity index (χ1v) is 5.98. The molecule has 0 radical (unpaired) electrons. The van der Waals surface area contributed by atoms with Gasteiger partial charge in [0.25, 0.3) is 0 Å². The lowest BCUT2D eigenvalue weighted by molar-refractivity contribution is -0.151. The molecule has 5 nitrogen and oxygen atoms in total. The van der Waals surface area contributed by atoms with E-state index < -0.39 is 11.4 Å². The number of rotatable bonds is 6. The Morgan fingerprint density at radius 1 is 1.33 bits per heavy atom. The minimum Gasteiger partial charge on any atom is -0.481 e. The summed E-state index contributed by atoms with van der Waals surface area (Å²) in [6.07, 6.45) is 2.38. The summed E-state index contributed by atoms with van der Waals surface area (Å²) in [6.45, 7) is 3.57. The molecule has 0 spiro atoms. The normalized spacial score (nSPS) is 11.0. The van der Waals surface area contributed by atoms with Crippen molar-refractivity contribution in [1.82, 2.24) is 4.98 Å². The number of anilines is 1. The van der Waals surface area contributed by atoms with Crippen LogP contribution in [0.4, 0.5) is 5.82 Å². The van der Waals surface area contributed by atoms with Crippen LogP contribution in [0.2, 0.25) is 0 Å². The van der Waals surface area contributed by atoms with Gasteiger partial charge in [0.2, 0.25) is 5.91 Å². The van der Waals surface area contributed by atoms with Gasteiger partial charge in [-0.1, -0.05) is 19.9 Å². The lowest BCUT2D eigenvalue weighted by Gasteiger charge is -2.25. The molecule has 1 rings (SSSR count). The van der Waals surface area contributed by atoms with E-state index in [0.29, 0.717) is 18.7 Å². The lowest BCUT2D eigenvalue weighted by atomic mass is 9.79. The largest absolute Gasteiger partial charge is 0.481 e. The van der Waals surface area contributed by atoms with Gasteiger partial charge in [0.05, 0.1) is 5.41 Å². The second-order valence-electron chi connectivity index (χ2n) is 4.23. The van der Waals surface area contributed by atoms with Crippen molar-refractivity contribution in [2.24, 2.45) is 5.41 Å². The maximum atomic E-state index is 11.8. The predicted molar refractivity (Wildman–Crippen MR) is 68.1 cm³/mol. The van der Waals surface area contributed by atoms with Crippen LogP contribution in [0.1, 0.15) is 33.1 Å². The van der Waals surface area contributed by atoms with Gasteiger partial charge in [-0.05, 0) is 25.0 Å². The van der Waals surface area contributed by atoms with Gasteiger partial charge < -0.3 is 10.4 Å². The first-order valence-electron chi connectivity index (χ1n) is 5.98. The van der Waals surface area contributed by atoms with E-state index in [1.165, 1.54) is 0 Å². The van der Waals surface area contributed by atoms with E-state index in [1.54, 1.807) is 38.2 Å². The van der Waals surface area contributed by atoms with Crippen molar-refractivity contribution < 1.29 is 14.7 Å². The quantitative estimate of drug-likeness (QED) is 0.812. The Morgan fingerprint density at radius 2 is 2.00 bits per heavy atom. The summed E-state index contributed by atoms with van der Waals surface area (Å²) in [4.78, 5) is 27.1. The first kappa shape index (κ1) is 14.2. The second kappa shape index (κ2) is 6.14. The topological polar surface area (TPSA) is 79.3 Å². The van der Waals surface area contributed by atoms with Crippen LogP contribution in [0, 0.1) is 5.41 Å². The molecule has 0 aliphatic carbocycles. The molecule has 1 amide bonds. The number of hydrogen-bond acceptors (Lipinski definition) is 3. The molecule has 0 aliphatic rings. The van der Waals surface area contributed by atoms with Crippen molar-refractivity contribution in [1.29, 1.82) is 0 Å². The van der Waals surface area contributed by atoms with Gasteiger partial charge in [-0.15, -0.1) is 0 Å². The Balaban J connectivity index is 2.71. The minimum atomic E-state index is -0.987. The van der Waals surface area contributed by atoms with E-state index in [4.69, 9.17) is 0 Å². The van der Waals surface area contributed by atoms with Crippen molar-refractivity contribution in [3.05, 3.63) is 24.4 Å². The molecule has 0 bridgehead atoms. The number of aromatic nitrogens is 1. The number of nitrogens with one attached hydrogen (secondary N) is 1. The zero-order valence-electron chi connectivity index (χ0n) is 10.6. The molecule has 0 aromatic carbocycles. The van der Waals surface area contributed by atoms with E-state index in [-0.39, 0.29) is 12.3 Å². The van der Waals surface area contributed by atoms with Crippen LogP contribution in [-0.4, -0.2) is 22.0 Å². The zero-order chi connectivity index (χ0) is 13.6. The third kappa shape index (κ3) is 3.29. The molecule has 0 saturated carbocycles. The average Bonchev–Trinajstić information content (AvgIpc) is 2.37. The van der Waals surface area contributed by atoms with Crippen LogP contribution in [-0.2, 0) is 9.59 Å². The fourth-order valence-electron chi connectivity index (χ4n) is 1.81. The Labute approximate surface area is 106 Å². The number of aliphatic carboxylic acids is 1. The number of carbonyl (C=O) groups is 2. The van der Waals surface area contributed by atoms with E-state index in [9.17, 15) is 14.7 Å². The summed E-state index contributed by atoms with van der Waals surface area (Å²) >= 11 is 0. The highest BCUT2D eigenvalue weighted by Gasteiger charge is 2.37. The molecule has 5 heteroatoms. The fourth-order valence-corrected chi connectivity index (χ4v) is 1.81. The summed E-state index contributed by atoms with van der Waals surface area (Å²) in [6, 6.07) is 5.17. The molecule has 18 heavy (non-hydrogen) atoms. The highest BCUT2D eigenvalue weighted by atomic mass is 16.4. The zero-order valence-corrected chi connectivity index (χ0v) is 10.6. The molecule has 1 aromatic rings. The third-order valence-electron chi connectivity index (χ3n) is 3.24. The molecule has 0 aliphatic heterocycles. The van der Waals surface area contributed by atoms with Crippen molar-refractivity contribution in [2.45, 2.75) is 33.1 Å². The molecular weight excluding hydrogens is 232 g/mol. The molecule has 0 saturated heterocycles. The Hall–Kier alpha value is -1.91. The summed E-state index contributed by atoms with van der Waals surface area (Å²) in [5.41, 5.74) is -0.987. The average molecular weight is 250 g/mol. The molecule has 0 fully saturated rings. The highest BCUT2D eigenvalue weighted by Crippen LogP contribution is 2.31. The van der Waals surface area contributed by atoms with Gasteiger partial charge in [0.1, 0.15) is 5.82 Å². The molecule has 98 valence electrons. The number of nitrogens with zero attached hydrogens (tertiary/aromatic N) is 1. The number of hydrogen-bond donors (Lipinski definition) is 2. The Kier molecular flexibility index (Phi) is 4.83. The number of pyridine rings is 1. The highest BCUT2D eigenvalue weighted by molar-refractivity contribution is 5.93. The first-order chi connectivity index (χ1) is 8.54. The standard InChI is InChI=1S/C13H18N2O3/c1-3-13(4-2,12(17)18)9-11(16)15-10-7-5-6-8-14-10/h5-8H,3-4,9H2,1-2H3,(H,17,18)(H,14,15,16). The summed E-state index contributed by atoms with van der Waals surface area (Å²) in [5.74, 6) is -0.808. The van der Waals surface area contributed by atoms with Crippen LogP contribution in [0.15, 0.2) is 24.4 Å². The van der Waals surface area contributed by atoms with Crippen LogP contribution in [0.3, 0.4) is 0 Å².